The van der Waals surface area contributed by atoms with Crippen LogP contribution in [0.1, 0.15) is 30.3 Å². The summed E-state index contributed by atoms with van der Waals surface area (Å²) in [6, 6.07) is 1.71. The number of carbonyl (C=O) groups is 2. The van der Waals surface area contributed by atoms with Crippen molar-refractivity contribution in [3.05, 3.63) is 18.0 Å². The quantitative estimate of drug-likeness (QED) is 0.802. The number of carbonyl (C=O) groups excluding carboxylic acids is 2. The maximum absolute atomic E-state index is 12.4. The van der Waals surface area contributed by atoms with Crippen LogP contribution in [0.25, 0.3) is 0 Å². The van der Waals surface area contributed by atoms with Crippen LogP contribution in [0, 0.1) is 5.41 Å². The highest BCUT2D eigenvalue weighted by molar-refractivity contribution is 5.93. The van der Waals surface area contributed by atoms with E-state index in [2.05, 4.69) is 5.10 Å². The first-order valence-corrected chi connectivity index (χ1v) is 6.84. The largest absolute Gasteiger partial charge is 0.348 e. The summed E-state index contributed by atoms with van der Waals surface area (Å²) in [5.41, 5.74) is -0.0549. The number of nitrogens with zero attached hydrogens (tertiary/aromatic N) is 4. The highest BCUT2D eigenvalue weighted by Crippen LogP contribution is 2.31. The third kappa shape index (κ3) is 2.69. The minimum absolute atomic E-state index is 0.0796. The zero-order chi connectivity index (χ0) is 14.9. The molecule has 0 aliphatic carbocycles. The molecule has 2 amide bonds. The maximum Gasteiger partial charge on any atom is 0.274 e. The minimum atomic E-state index is -0.494. The number of hydrogen-bond acceptors (Lipinski definition) is 3. The van der Waals surface area contributed by atoms with E-state index in [4.69, 9.17) is 0 Å². The number of rotatable bonds is 2. The molecule has 1 fully saturated rings. The topological polar surface area (TPSA) is 58.4 Å². The van der Waals surface area contributed by atoms with Gasteiger partial charge in [-0.2, -0.15) is 5.10 Å². The monoisotopic (exact) mass is 278 g/mol. The van der Waals surface area contributed by atoms with Crippen molar-refractivity contribution in [2.45, 2.75) is 19.8 Å². The van der Waals surface area contributed by atoms with E-state index in [-0.39, 0.29) is 11.8 Å². The smallest absolute Gasteiger partial charge is 0.274 e. The van der Waals surface area contributed by atoms with Crippen LogP contribution in [0.5, 0.6) is 0 Å². The lowest BCUT2D eigenvalue weighted by Crippen LogP contribution is -2.51. The lowest BCUT2D eigenvalue weighted by Gasteiger charge is -2.40. The number of aromatic nitrogens is 2. The SMILES string of the molecule is CN(C)C(=O)[C@]1(C)CCCN(C(=O)c2ccn(C)n2)C1. The summed E-state index contributed by atoms with van der Waals surface area (Å²) in [5, 5.41) is 4.14. The average molecular weight is 278 g/mol. The predicted octanol–water partition coefficient (Wildman–Crippen LogP) is 0.751. The summed E-state index contributed by atoms with van der Waals surface area (Å²) in [7, 11) is 5.30. The number of likely N-dealkylation sites (tertiary alicyclic amines) is 1. The molecule has 6 nitrogen and oxygen atoms in total. The standard InChI is InChI=1S/C14H22N4O2/c1-14(13(20)16(2)3)7-5-8-18(10-14)12(19)11-6-9-17(4)15-11/h6,9H,5,7-8,10H2,1-4H3/t14-/m1/s1. The van der Waals surface area contributed by atoms with Crippen LogP contribution < -0.4 is 0 Å². The van der Waals surface area contributed by atoms with Gasteiger partial charge < -0.3 is 9.80 Å². The van der Waals surface area contributed by atoms with E-state index in [0.717, 1.165) is 12.8 Å². The Morgan fingerprint density at radius 1 is 1.40 bits per heavy atom. The van der Waals surface area contributed by atoms with Gasteiger partial charge in [0.1, 0.15) is 5.69 Å². The van der Waals surface area contributed by atoms with Gasteiger partial charge in [0.15, 0.2) is 0 Å². The third-order valence-electron chi connectivity index (χ3n) is 3.84. The molecule has 1 aromatic rings. The van der Waals surface area contributed by atoms with E-state index in [1.54, 1.807) is 47.9 Å². The first-order chi connectivity index (χ1) is 9.33. The van der Waals surface area contributed by atoms with Gasteiger partial charge in [0.25, 0.3) is 5.91 Å². The molecule has 1 aromatic heterocycles. The summed E-state index contributed by atoms with van der Waals surface area (Å²) >= 11 is 0. The van der Waals surface area contributed by atoms with E-state index in [1.165, 1.54) is 0 Å². The first kappa shape index (κ1) is 14.6. The van der Waals surface area contributed by atoms with Crippen molar-refractivity contribution in [2.75, 3.05) is 27.2 Å². The summed E-state index contributed by atoms with van der Waals surface area (Å²) in [4.78, 5) is 28.1. The minimum Gasteiger partial charge on any atom is -0.348 e. The Morgan fingerprint density at radius 3 is 2.65 bits per heavy atom. The molecular formula is C14H22N4O2. The van der Waals surface area contributed by atoms with E-state index >= 15 is 0 Å². The number of amides is 2. The zero-order valence-electron chi connectivity index (χ0n) is 12.6. The predicted molar refractivity (Wildman–Crippen MR) is 75.1 cm³/mol. The second-order valence-corrected chi connectivity index (χ2v) is 5.97. The summed E-state index contributed by atoms with van der Waals surface area (Å²) in [5.74, 6) is -0.0147. The Balaban J connectivity index is 2.14. The fraction of sp³-hybridized carbons (Fsp3) is 0.643. The van der Waals surface area contributed by atoms with Gasteiger partial charge in [-0.1, -0.05) is 0 Å². The van der Waals surface area contributed by atoms with Crippen LogP contribution in [-0.2, 0) is 11.8 Å². The molecule has 110 valence electrons. The molecule has 2 rings (SSSR count). The molecular weight excluding hydrogens is 256 g/mol. The number of aryl methyl sites for hydroxylation is 1. The van der Waals surface area contributed by atoms with E-state index < -0.39 is 5.41 Å². The lowest BCUT2D eigenvalue weighted by molar-refractivity contribution is -0.141. The van der Waals surface area contributed by atoms with Gasteiger partial charge in [-0.3, -0.25) is 14.3 Å². The van der Waals surface area contributed by atoms with E-state index in [1.807, 2.05) is 6.92 Å². The normalized spacial score (nSPS) is 22.7. The van der Waals surface area contributed by atoms with Gasteiger partial charge in [0.05, 0.1) is 5.41 Å². The second kappa shape index (κ2) is 5.26. The lowest BCUT2D eigenvalue weighted by atomic mass is 9.80. The first-order valence-electron chi connectivity index (χ1n) is 6.84. The third-order valence-corrected chi connectivity index (χ3v) is 3.84. The molecule has 1 atom stereocenters. The Morgan fingerprint density at radius 2 is 2.10 bits per heavy atom. The summed E-state index contributed by atoms with van der Waals surface area (Å²) in [6.45, 7) is 3.08. The van der Waals surface area contributed by atoms with Crippen molar-refractivity contribution in [1.82, 2.24) is 19.6 Å². The fourth-order valence-electron chi connectivity index (χ4n) is 2.82. The van der Waals surface area contributed by atoms with Crippen molar-refractivity contribution in [2.24, 2.45) is 12.5 Å². The summed E-state index contributed by atoms with van der Waals surface area (Å²) in [6.07, 6.45) is 3.41. The Hall–Kier alpha value is -1.85. The van der Waals surface area contributed by atoms with E-state index in [9.17, 15) is 9.59 Å². The Bertz CT molecular complexity index is 523. The average Bonchev–Trinajstić information content (AvgIpc) is 2.83. The van der Waals surface area contributed by atoms with Crippen molar-refractivity contribution < 1.29 is 9.59 Å². The second-order valence-electron chi connectivity index (χ2n) is 5.97. The zero-order valence-corrected chi connectivity index (χ0v) is 12.6. The van der Waals surface area contributed by atoms with Gasteiger partial charge in [0, 0.05) is 40.4 Å². The molecule has 0 saturated carbocycles. The molecule has 0 radical (unpaired) electrons. The van der Waals surface area contributed by atoms with E-state index in [0.29, 0.717) is 18.8 Å². The molecule has 20 heavy (non-hydrogen) atoms. The number of piperidine rings is 1. The van der Waals surface area contributed by atoms with Crippen molar-refractivity contribution in [1.29, 1.82) is 0 Å². The molecule has 0 aromatic carbocycles. The van der Waals surface area contributed by atoms with Crippen molar-refractivity contribution in [3.63, 3.8) is 0 Å². The fourth-order valence-corrected chi connectivity index (χ4v) is 2.82. The molecule has 1 aliphatic heterocycles. The molecule has 0 spiro atoms. The molecule has 0 bridgehead atoms. The highest BCUT2D eigenvalue weighted by atomic mass is 16.2. The van der Waals surface area contributed by atoms with Gasteiger partial charge in [-0.05, 0) is 25.8 Å². The van der Waals surface area contributed by atoms with Gasteiger partial charge >= 0.3 is 0 Å². The molecule has 0 unspecified atom stereocenters. The van der Waals surface area contributed by atoms with Crippen LogP contribution in [0.15, 0.2) is 12.3 Å². The van der Waals surface area contributed by atoms with Gasteiger partial charge in [-0.25, -0.2) is 0 Å². The molecule has 6 heteroatoms. The summed E-state index contributed by atoms with van der Waals surface area (Å²) < 4.78 is 1.61. The van der Waals surface area contributed by atoms with Crippen molar-refractivity contribution >= 4 is 11.8 Å². The van der Waals surface area contributed by atoms with Crippen LogP contribution in [-0.4, -0.2) is 58.6 Å². The van der Waals surface area contributed by atoms with Crippen molar-refractivity contribution in [3.8, 4) is 0 Å². The van der Waals surface area contributed by atoms with Crippen LogP contribution in [0.3, 0.4) is 0 Å². The number of hydrogen-bond donors (Lipinski definition) is 0. The highest BCUT2D eigenvalue weighted by Gasteiger charge is 2.40. The van der Waals surface area contributed by atoms with Gasteiger partial charge in [0.2, 0.25) is 5.91 Å². The van der Waals surface area contributed by atoms with Gasteiger partial charge in [-0.15, -0.1) is 0 Å². The molecule has 1 aliphatic rings. The van der Waals surface area contributed by atoms with Crippen LogP contribution >= 0.6 is 0 Å². The molecule has 1 saturated heterocycles. The molecule has 2 heterocycles. The van der Waals surface area contributed by atoms with Crippen LogP contribution in [0.2, 0.25) is 0 Å². The Kier molecular flexibility index (Phi) is 3.83. The Labute approximate surface area is 119 Å². The maximum atomic E-state index is 12.4. The molecule has 0 N–H and O–H groups in total. The van der Waals surface area contributed by atoms with Crippen LogP contribution in [0.4, 0.5) is 0 Å².